The molecule has 0 radical (unpaired) electrons. The Balaban J connectivity index is 2.13. The van der Waals surface area contributed by atoms with E-state index in [1.165, 1.54) is 11.1 Å². The first-order chi connectivity index (χ1) is 11.8. The fourth-order valence-electron chi connectivity index (χ4n) is 3.20. The number of nitrogens with one attached hydrogen (secondary N) is 2. The van der Waals surface area contributed by atoms with Gasteiger partial charge in [0, 0.05) is 11.4 Å². The van der Waals surface area contributed by atoms with Gasteiger partial charge in [0.15, 0.2) is 5.11 Å². The number of carbonyl (C=O) groups is 2. The first kappa shape index (κ1) is 17.1. The number of hydrogen-bond acceptors (Lipinski definition) is 3. The van der Waals surface area contributed by atoms with Crippen molar-refractivity contribution >= 4 is 35.2 Å². The van der Waals surface area contributed by atoms with Gasteiger partial charge in [-0.2, -0.15) is 0 Å². The Morgan fingerprint density at radius 2 is 1.56 bits per heavy atom. The Labute approximate surface area is 151 Å². The summed E-state index contributed by atoms with van der Waals surface area (Å²) in [6.07, 6.45) is 1.61. The maximum Gasteiger partial charge on any atom is 0.263 e. The van der Waals surface area contributed by atoms with Gasteiger partial charge in [0.2, 0.25) is 0 Å². The maximum absolute atomic E-state index is 12.1. The summed E-state index contributed by atoms with van der Waals surface area (Å²) in [7, 11) is 0. The van der Waals surface area contributed by atoms with Crippen molar-refractivity contribution in [2.75, 3.05) is 0 Å². The molecule has 6 heteroatoms. The third-order valence-corrected chi connectivity index (χ3v) is 4.58. The van der Waals surface area contributed by atoms with Crippen LogP contribution in [-0.4, -0.2) is 21.5 Å². The zero-order valence-electron chi connectivity index (χ0n) is 14.6. The second-order valence-electron chi connectivity index (χ2n) is 6.20. The molecule has 1 aliphatic heterocycles. The number of amides is 2. The Morgan fingerprint density at radius 1 is 1.00 bits per heavy atom. The van der Waals surface area contributed by atoms with E-state index in [9.17, 15) is 9.59 Å². The van der Waals surface area contributed by atoms with Gasteiger partial charge in [-0.05, 0) is 68.7 Å². The zero-order valence-corrected chi connectivity index (χ0v) is 15.4. The average molecular weight is 353 g/mol. The summed E-state index contributed by atoms with van der Waals surface area (Å²) in [5, 5.41) is 4.95. The van der Waals surface area contributed by atoms with Crippen molar-refractivity contribution in [1.29, 1.82) is 0 Å². The second-order valence-corrected chi connectivity index (χ2v) is 6.61. The lowest BCUT2D eigenvalue weighted by Gasteiger charge is -2.17. The first-order valence-corrected chi connectivity index (χ1v) is 8.34. The third-order valence-electron chi connectivity index (χ3n) is 4.38. The molecule has 5 nitrogen and oxygen atoms in total. The van der Waals surface area contributed by atoms with Gasteiger partial charge in [-0.1, -0.05) is 18.2 Å². The number of rotatable bonds is 2. The van der Waals surface area contributed by atoms with Crippen molar-refractivity contribution in [3.8, 4) is 5.69 Å². The molecule has 1 fully saturated rings. The highest BCUT2D eigenvalue weighted by Crippen LogP contribution is 2.27. The number of carbonyl (C=O) groups excluding carboxylic acids is 2. The van der Waals surface area contributed by atoms with Crippen LogP contribution >= 0.6 is 12.2 Å². The molecule has 0 atom stereocenters. The van der Waals surface area contributed by atoms with Gasteiger partial charge in [0.1, 0.15) is 5.57 Å². The van der Waals surface area contributed by atoms with Gasteiger partial charge < -0.3 is 4.57 Å². The number of thiocarbonyl (C=S) groups is 1. The molecule has 1 aromatic carbocycles. The number of para-hydroxylation sites is 1. The van der Waals surface area contributed by atoms with Crippen LogP contribution in [0, 0.1) is 27.7 Å². The normalized spacial score (nSPS) is 14.4. The highest BCUT2D eigenvalue weighted by molar-refractivity contribution is 7.80. The minimum atomic E-state index is -0.481. The quantitative estimate of drug-likeness (QED) is 0.496. The molecule has 128 valence electrons. The molecule has 2 N–H and O–H groups in total. The number of benzene rings is 1. The summed E-state index contributed by atoms with van der Waals surface area (Å²) in [5.74, 6) is -0.962. The van der Waals surface area contributed by atoms with Gasteiger partial charge in [-0.3, -0.25) is 20.2 Å². The molecule has 0 unspecified atom stereocenters. The monoisotopic (exact) mass is 353 g/mol. The van der Waals surface area contributed by atoms with Gasteiger partial charge >= 0.3 is 0 Å². The minimum Gasteiger partial charge on any atom is -0.317 e. The molecule has 2 heterocycles. The van der Waals surface area contributed by atoms with Crippen LogP contribution in [0.15, 0.2) is 29.8 Å². The lowest BCUT2D eigenvalue weighted by atomic mass is 10.1. The van der Waals surface area contributed by atoms with Crippen LogP contribution in [0.2, 0.25) is 0 Å². The number of aryl methyl sites for hydroxylation is 3. The van der Waals surface area contributed by atoms with Crippen LogP contribution in [0.5, 0.6) is 0 Å². The van der Waals surface area contributed by atoms with Crippen LogP contribution in [0.25, 0.3) is 11.8 Å². The average Bonchev–Trinajstić information content (AvgIpc) is 2.78. The predicted molar refractivity (Wildman–Crippen MR) is 102 cm³/mol. The Kier molecular flexibility index (Phi) is 4.30. The molecule has 25 heavy (non-hydrogen) atoms. The largest absolute Gasteiger partial charge is 0.317 e. The van der Waals surface area contributed by atoms with E-state index in [2.05, 4.69) is 41.2 Å². The minimum absolute atomic E-state index is 0.0353. The topological polar surface area (TPSA) is 63.1 Å². The zero-order chi connectivity index (χ0) is 18.3. The molecule has 3 rings (SSSR count). The van der Waals surface area contributed by atoms with Crippen LogP contribution in [0.3, 0.4) is 0 Å². The van der Waals surface area contributed by atoms with E-state index in [0.717, 1.165) is 22.6 Å². The van der Waals surface area contributed by atoms with E-state index in [-0.39, 0.29) is 10.7 Å². The molecule has 1 saturated heterocycles. The summed E-state index contributed by atoms with van der Waals surface area (Å²) in [5.41, 5.74) is 6.34. The molecular weight excluding hydrogens is 334 g/mol. The standard InChI is InChI=1S/C19H19N3O2S/c1-10-6-5-7-11(2)16(10)22-12(3)8-14(13(22)4)9-15-17(23)20-19(25)21-18(15)24/h5-9H,1-4H3,(H2,20,21,23,24,25). The van der Waals surface area contributed by atoms with Gasteiger partial charge in [-0.25, -0.2) is 0 Å². The van der Waals surface area contributed by atoms with E-state index in [0.29, 0.717) is 0 Å². The molecule has 1 aliphatic rings. The summed E-state index contributed by atoms with van der Waals surface area (Å²) >= 11 is 4.83. The molecular formula is C19H19N3O2S. The number of nitrogens with zero attached hydrogens (tertiary/aromatic N) is 1. The molecule has 0 saturated carbocycles. The molecule has 0 spiro atoms. The Morgan fingerprint density at radius 3 is 2.12 bits per heavy atom. The van der Waals surface area contributed by atoms with E-state index < -0.39 is 11.8 Å². The van der Waals surface area contributed by atoms with Crippen molar-refractivity contribution in [1.82, 2.24) is 15.2 Å². The lowest BCUT2D eigenvalue weighted by molar-refractivity contribution is -0.123. The van der Waals surface area contributed by atoms with Crippen LogP contribution in [-0.2, 0) is 9.59 Å². The van der Waals surface area contributed by atoms with Crippen molar-refractivity contribution in [2.24, 2.45) is 0 Å². The number of hydrogen-bond donors (Lipinski definition) is 2. The predicted octanol–water partition coefficient (Wildman–Crippen LogP) is 2.63. The Hall–Kier alpha value is -2.73. The molecule has 2 amide bonds. The van der Waals surface area contributed by atoms with Crippen molar-refractivity contribution in [3.05, 3.63) is 57.9 Å². The SMILES string of the molecule is Cc1cccc(C)c1-n1c(C)cc(C=C2C(=O)NC(=S)NC2=O)c1C. The van der Waals surface area contributed by atoms with Crippen LogP contribution < -0.4 is 10.6 Å². The highest BCUT2D eigenvalue weighted by Gasteiger charge is 2.26. The fourth-order valence-corrected chi connectivity index (χ4v) is 3.38. The summed E-state index contributed by atoms with van der Waals surface area (Å²) in [4.78, 5) is 24.1. The summed E-state index contributed by atoms with van der Waals surface area (Å²) in [6, 6.07) is 8.15. The van der Waals surface area contributed by atoms with E-state index in [4.69, 9.17) is 12.2 Å². The number of aromatic nitrogens is 1. The van der Waals surface area contributed by atoms with Crippen molar-refractivity contribution < 1.29 is 9.59 Å². The van der Waals surface area contributed by atoms with Gasteiger partial charge in [0.25, 0.3) is 11.8 Å². The molecule has 0 aliphatic carbocycles. The molecule has 1 aromatic heterocycles. The van der Waals surface area contributed by atoms with Crippen molar-refractivity contribution in [2.45, 2.75) is 27.7 Å². The highest BCUT2D eigenvalue weighted by atomic mass is 32.1. The molecule has 2 aromatic rings. The lowest BCUT2D eigenvalue weighted by Crippen LogP contribution is -2.51. The first-order valence-electron chi connectivity index (χ1n) is 7.93. The van der Waals surface area contributed by atoms with Crippen molar-refractivity contribution in [3.63, 3.8) is 0 Å². The summed E-state index contributed by atoms with van der Waals surface area (Å²) in [6.45, 7) is 8.14. The van der Waals surface area contributed by atoms with Gasteiger partial charge in [-0.15, -0.1) is 0 Å². The third kappa shape index (κ3) is 3.00. The molecule has 0 bridgehead atoms. The fraction of sp³-hybridized carbons (Fsp3) is 0.211. The smallest absolute Gasteiger partial charge is 0.263 e. The van der Waals surface area contributed by atoms with Crippen LogP contribution in [0.1, 0.15) is 28.1 Å². The van der Waals surface area contributed by atoms with Crippen LogP contribution in [0.4, 0.5) is 0 Å². The summed E-state index contributed by atoms with van der Waals surface area (Å²) < 4.78 is 2.15. The van der Waals surface area contributed by atoms with E-state index >= 15 is 0 Å². The Bertz CT molecular complexity index is 912. The van der Waals surface area contributed by atoms with E-state index in [1.54, 1.807) is 6.08 Å². The maximum atomic E-state index is 12.1. The second kappa shape index (κ2) is 6.29. The van der Waals surface area contributed by atoms with Gasteiger partial charge in [0.05, 0.1) is 5.69 Å². The van der Waals surface area contributed by atoms with E-state index in [1.807, 2.05) is 26.0 Å².